The van der Waals surface area contributed by atoms with Crippen LogP contribution in [0.2, 0.25) is 5.02 Å². The van der Waals surface area contributed by atoms with Crippen LogP contribution in [-0.2, 0) is 4.79 Å². The van der Waals surface area contributed by atoms with Crippen molar-refractivity contribution >= 4 is 35.2 Å². The molecule has 9 heteroatoms. The minimum Gasteiger partial charge on any atom is -0.317 e. The molecule has 0 aliphatic heterocycles. The Balaban J connectivity index is 2.37. The minimum absolute atomic E-state index is 0.141. The van der Waals surface area contributed by atoms with Crippen LogP contribution in [0.3, 0.4) is 0 Å². The predicted molar refractivity (Wildman–Crippen MR) is 92.3 cm³/mol. The molecule has 0 unspecified atom stereocenters. The summed E-state index contributed by atoms with van der Waals surface area (Å²) in [5, 5.41) is 13.9. The lowest BCUT2D eigenvalue weighted by Crippen LogP contribution is -2.38. The van der Waals surface area contributed by atoms with Gasteiger partial charge in [-0.15, -0.1) is 0 Å². The highest BCUT2D eigenvalue weighted by atomic mass is 35.5. The fourth-order valence-corrected chi connectivity index (χ4v) is 2.09. The molecule has 0 saturated heterocycles. The van der Waals surface area contributed by atoms with E-state index in [1.54, 1.807) is 6.07 Å². The van der Waals surface area contributed by atoms with Crippen LogP contribution in [0, 0.1) is 10.1 Å². The number of para-hydroxylation sites is 1. The first kappa shape index (κ1) is 18.1. The molecular formula is C16H13ClN4O4. The van der Waals surface area contributed by atoms with Gasteiger partial charge < -0.3 is 5.32 Å². The number of nitrogens with two attached hydrogens (primary N) is 1. The van der Waals surface area contributed by atoms with E-state index in [2.05, 4.69) is 5.32 Å². The molecule has 0 spiro atoms. The summed E-state index contributed by atoms with van der Waals surface area (Å²) in [5.41, 5.74) is 1.82. The second-order valence-electron chi connectivity index (χ2n) is 4.81. The molecule has 0 bridgehead atoms. The van der Waals surface area contributed by atoms with Gasteiger partial charge in [0.15, 0.2) is 0 Å². The van der Waals surface area contributed by atoms with Gasteiger partial charge in [-0.25, -0.2) is 5.84 Å². The summed E-state index contributed by atoms with van der Waals surface area (Å²) in [6, 6.07) is 11.8. The number of hydrogen-bond acceptors (Lipinski definition) is 5. The van der Waals surface area contributed by atoms with Gasteiger partial charge in [0.25, 0.3) is 17.5 Å². The molecule has 0 aliphatic rings. The summed E-state index contributed by atoms with van der Waals surface area (Å²) in [6.45, 7) is 0. The standard InChI is InChI=1S/C16H13ClN4O4/c17-12-7-5-10(6-8-12)15(22)19-13(16(23)20-18)9-11-3-1-2-4-14(11)21(24)25/h1-9H,18H2,(H,19,22)(H,20,23)/b13-9-. The van der Waals surface area contributed by atoms with Crippen molar-refractivity contribution in [1.29, 1.82) is 0 Å². The second-order valence-corrected chi connectivity index (χ2v) is 5.24. The van der Waals surface area contributed by atoms with Crippen LogP contribution in [-0.4, -0.2) is 16.7 Å². The van der Waals surface area contributed by atoms with Crippen molar-refractivity contribution in [3.63, 3.8) is 0 Å². The Morgan fingerprint density at radius 3 is 2.36 bits per heavy atom. The van der Waals surface area contributed by atoms with Crippen molar-refractivity contribution in [2.45, 2.75) is 0 Å². The summed E-state index contributed by atoms with van der Waals surface area (Å²) in [4.78, 5) is 34.6. The molecule has 2 aromatic rings. The van der Waals surface area contributed by atoms with Crippen LogP contribution in [0.5, 0.6) is 0 Å². The number of nitro benzene ring substituents is 1. The Bertz CT molecular complexity index is 849. The maximum atomic E-state index is 12.2. The van der Waals surface area contributed by atoms with Gasteiger partial charge in [0.2, 0.25) is 0 Å². The third-order valence-electron chi connectivity index (χ3n) is 3.16. The predicted octanol–water partition coefficient (Wildman–Crippen LogP) is 2.01. The fourth-order valence-electron chi connectivity index (χ4n) is 1.96. The molecular weight excluding hydrogens is 348 g/mol. The van der Waals surface area contributed by atoms with Gasteiger partial charge in [-0.2, -0.15) is 0 Å². The van der Waals surface area contributed by atoms with Gasteiger partial charge in [-0.3, -0.25) is 25.1 Å². The number of hydrazine groups is 1. The maximum absolute atomic E-state index is 12.2. The fraction of sp³-hybridized carbons (Fsp3) is 0. The van der Waals surface area contributed by atoms with Gasteiger partial charge in [-0.1, -0.05) is 23.7 Å². The summed E-state index contributed by atoms with van der Waals surface area (Å²) in [7, 11) is 0. The lowest BCUT2D eigenvalue weighted by molar-refractivity contribution is -0.385. The van der Waals surface area contributed by atoms with Crippen molar-refractivity contribution in [1.82, 2.24) is 10.7 Å². The summed E-state index contributed by atoms with van der Waals surface area (Å²) in [5.74, 6) is 3.72. The topological polar surface area (TPSA) is 127 Å². The van der Waals surface area contributed by atoms with Crippen LogP contribution >= 0.6 is 11.6 Å². The van der Waals surface area contributed by atoms with Crippen molar-refractivity contribution in [2.75, 3.05) is 0 Å². The Morgan fingerprint density at radius 1 is 1.12 bits per heavy atom. The Morgan fingerprint density at radius 2 is 1.76 bits per heavy atom. The zero-order valence-corrected chi connectivity index (χ0v) is 13.5. The molecule has 8 nitrogen and oxygen atoms in total. The average Bonchev–Trinajstić information content (AvgIpc) is 2.61. The van der Waals surface area contributed by atoms with Crippen LogP contribution in [0.25, 0.3) is 6.08 Å². The van der Waals surface area contributed by atoms with Gasteiger partial charge in [-0.05, 0) is 36.4 Å². The van der Waals surface area contributed by atoms with E-state index < -0.39 is 16.7 Å². The first-order valence-electron chi connectivity index (χ1n) is 6.95. The van der Waals surface area contributed by atoms with Crippen molar-refractivity contribution < 1.29 is 14.5 Å². The molecule has 25 heavy (non-hydrogen) atoms. The van der Waals surface area contributed by atoms with Gasteiger partial charge >= 0.3 is 0 Å². The van der Waals surface area contributed by atoms with Crippen molar-refractivity contribution in [3.05, 3.63) is 80.5 Å². The lowest BCUT2D eigenvalue weighted by atomic mass is 10.1. The van der Waals surface area contributed by atoms with Crippen LogP contribution in [0.4, 0.5) is 5.69 Å². The van der Waals surface area contributed by atoms with E-state index in [4.69, 9.17) is 17.4 Å². The van der Waals surface area contributed by atoms with E-state index in [0.717, 1.165) is 0 Å². The zero-order chi connectivity index (χ0) is 18.4. The summed E-state index contributed by atoms with van der Waals surface area (Å²) >= 11 is 5.76. The molecule has 2 rings (SSSR count). The molecule has 0 fully saturated rings. The lowest BCUT2D eigenvalue weighted by Gasteiger charge is -2.09. The third kappa shape index (κ3) is 4.63. The maximum Gasteiger partial charge on any atom is 0.281 e. The van der Waals surface area contributed by atoms with Crippen LogP contribution < -0.4 is 16.6 Å². The van der Waals surface area contributed by atoms with E-state index in [9.17, 15) is 19.7 Å². The molecule has 128 valence electrons. The van der Waals surface area contributed by atoms with Gasteiger partial charge in [0.1, 0.15) is 5.70 Å². The monoisotopic (exact) mass is 360 g/mol. The first-order chi connectivity index (χ1) is 11.9. The van der Waals surface area contributed by atoms with E-state index in [1.807, 2.05) is 5.43 Å². The number of carbonyl (C=O) groups excluding carboxylic acids is 2. The number of halogens is 1. The molecule has 2 aromatic carbocycles. The molecule has 0 aromatic heterocycles. The normalized spacial score (nSPS) is 10.9. The van der Waals surface area contributed by atoms with Crippen molar-refractivity contribution in [3.8, 4) is 0 Å². The summed E-state index contributed by atoms with van der Waals surface area (Å²) < 4.78 is 0. The van der Waals surface area contributed by atoms with E-state index >= 15 is 0 Å². The number of amides is 2. The highest BCUT2D eigenvalue weighted by Crippen LogP contribution is 2.20. The van der Waals surface area contributed by atoms with Crippen LogP contribution in [0.1, 0.15) is 15.9 Å². The van der Waals surface area contributed by atoms with Gasteiger partial charge in [0.05, 0.1) is 10.5 Å². The molecule has 0 saturated carbocycles. The number of nitrogens with zero attached hydrogens (tertiary/aromatic N) is 1. The Kier molecular flexibility index (Phi) is 5.83. The van der Waals surface area contributed by atoms with E-state index in [0.29, 0.717) is 5.02 Å². The molecule has 0 heterocycles. The molecule has 0 radical (unpaired) electrons. The number of hydrogen-bond donors (Lipinski definition) is 3. The number of rotatable bonds is 5. The number of carbonyl (C=O) groups is 2. The Labute approximate surface area is 147 Å². The molecule has 4 N–H and O–H groups in total. The quantitative estimate of drug-likeness (QED) is 0.247. The average molecular weight is 361 g/mol. The number of nitro groups is 1. The SMILES string of the molecule is NNC(=O)/C(=C/c1ccccc1[N+](=O)[O-])NC(=O)c1ccc(Cl)cc1. The minimum atomic E-state index is -0.805. The van der Waals surface area contributed by atoms with Gasteiger partial charge in [0, 0.05) is 16.7 Å². The largest absolute Gasteiger partial charge is 0.317 e. The summed E-state index contributed by atoms with van der Waals surface area (Å²) in [6.07, 6.45) is 1.17. The molecule has 2 amide bonds. The zero-order valence-electron chi connectivity index (χ0n) is 12.7. The third-order valence-corrected chi connectivity index (χ3v) is 3.42. The Hall–Kier alpha value is -3.23. The highest BCUT2D eigenvalue weighted by Gasteiger charge is 2.17. The van der Waals surface area contributed by atoms with Crippen LogP contribution in [0.15, 0.2) is 54.2 Å². The molecule has 0 atom stereocenters. The molecule has 0 aliphatic carbocycles. The highest BCUT2D eigenvalue weighted by molar-refractivity contribution is 6.30. The number of benzene rings is 2. The smallest absolute Gasteiger partial charge is 0.281 e. The number of nitrogens with one attached hydrogen (secondary N) is 2. The first-order valence-corrected chi connectivity index (χ1v) is 7.33. The van der Waals surface area contributed by atoms with E-state index in [1.165, 1.54) is 48.5 Å². The van der Waals surface area contributed by atoms with E-state index in [-0.39, 0.29) is 22.5 Å². The van der Waals surface area contributed by atoms with Crippen molar-refractivity contribution in [2.24, 2.45) is 5.84 Å². The second kappa shape index (κ2) is 8.04.